The van der Waals surface area contributed by atoms with Gasteiger partial charge in [0.1, 0.15) is 5.82 Å². The van der Waals surface area contributed by atoms with E-state index in [4.69, 9.17) is 15.2 Å². The Morgan fingerprint density at radius 2 is 1.89 bits per heavy atom. The maximum Gasteiger partial charge on any atom is 0.343 e. The number of hydrogen-bond acceptors (Lipinski definition) is 7. The molecule has 0 saturated heterocycles. The highest BCUT2D eigenvalue weighted by molar-refractivity contribution is 5.91. The number of nitrogen functional groups attached to an aromatic ring is 1. The standard InChI is InChI=1S/C20H18N4O4/c1-13-9-18(21)24(19(25)10-13)23-12-14-3-4-16(17(11-14)27-2)28-20(26)15-5-7-22-8-6-15/h3-12H,21H2,1-2H3/b23-12-. The molecule has 0 atom stereocenters. The number of benzene rings is 1. The van der Waals surface area contributed by atoms with Crippen molar-refractivity contribution in [1.82, 2.24) is 9.66 Å². The van der Waals surface area contributed by atoms with Gasteiger partial charge in [-0.25, -0.2) is 4.79 Å². The van der Waals surface area contributed by atoms with Crippen LogP contribution in [0.5, 0.6) is 11.5 Å². The van der Waals surface area contributed by atoms with E-state index in [2.05, 4.69) is 10.1 Å². The lowest BCUT2D eigenvalue weighted by atomic mass is 10.2. The lowest BCUT2D eigenvalue weighted by Gasteiger charge is -2.10. The smallest absolute Gasteiger partial charge is 0.343 e. The molecule has 0 aliphatic carbocycles. The molecule has 0 radical (unpaired) electrons. The Bertz CT molecular complexity index is 1090. The summed E-state index contributed by atoms with van der Waals surface area (Å²) in [5, 5.41) is 4.11. The number of pyridine rings is 2. The van der Waals surface area contributed by atoms with Gasteiger partial charge in [-0.3, -0.25) is 9.78 Å². The number of anilines is 1. The van der Waals surface area contributed by atoms with Crippen LogP contribution in [0.4, 0.5) is 5.82 Å². The fraction of sp³-hybridized carbons (Fsp3) is 0.100. The molecule has 0 unspecified atom stereocenters. The molecule has 0 aliphatic rings. The highest BCUT2D eigenvalue weighted by Gasteiger charge is 2.12. The molecule has 0 bridgehead atoms. The predicted octanol–water partition coefficient (Wildman–Crippen LogP) is 2.24. The van der Waals surface area contributed by atoms with Crippen LogP contribution in [0.2, 0.25) is 0 Å². The molecule has 0 fully saturated rings. The van der Waals surface area contributed by atoms with Crippen molar-refractivity contribution in [2.45, 2.75) is 6.92 Å². The summed E-state index contributed by atoms with van der Waals surface area (Å²) in [6, 6.07) is 11.1. The van der Waals surface area contributed by atoms with Gasteiger partial charge in [0.05, 0.1) is 18.9 Å². The zero-order valence-electron chi connectivity index (χ0n) is 15.3. The summed E-state index contributed by atoms with van der Waals surface area (Å²) in [5.74, 6) is 0.307. The number of hydrogen-bond donors (Lipinski definition) is 1. The zero-order valence-corrected chi connectivity index (χ0v) is 15.3. The van der Waals surface area contributed by atoms with Gasteiger partial charge in [-0.1, -0.05) is 0 Å². The predicted molar refractivity (Wildman–Crippen MR) is 105 cm³/mol. The summed E-state index contributed by atoms with van der Waals surface area (Å²) in [5.41, 5.74) is 7.27. The number of carbonyl (C=O) groups is 1. The SMILES string of the molecule is COc1cc(/C=N\n2c(N)cc(C)cc2=O)ccc1OC(=O)c1ccncc1. The Morgan fingerprint density at radius 3 is 2.57 bits per heavy atom. The summed E-state index contributed by atoms with van der Waals surface area (Å²) in [4.78, 5) is 28.1. The number of esters is 1. The molecular formula is C20H18N4O4. The third kappa shape index (κ3) is 4.24. The molecule has 3 aromatic rings. The largest absolute Gasteiger partial charge is 0.493 e. The first-order valence-corrected chi connectivity index (χ1v) is 8.31. The van der Waals surface area contributed by atoms with Gasteiger partial charge in [-0.15, -0.1) is 0 Å². The first kappa shape index (κ1) is 18.8. The molecule has 0 spiro atoms. The molecule has 142 valence electrons. The molecule has 8 heteroatoms. The van der Waals surface area contributed by atoms with Crippen molar-refractivity contribution in [3.8, 4) is 11.5 Å². The van der Waals surface area contributed by atoms with Gasteiger partial charge in [-0.2, -0.15) is 9.78 Å². The van der Waals surface area contributed by atoms with E-state index in [0.29, 0.717) is 16.9 Å². The highest BCUT2D eigenvalue weighted by atomic mass is 16.6. The second-order valence-corrected chi connectivity index (χ2v) is 5.89. The first-order chi connectivity index (χ1) is 13.5. The van der Waals surface area contributed by atoms with Crippen LogP contribution in [-0.2, 0) is 0 Å². The first-order valence-electron chi connectivity index (χ1n) is 8.31. The van der Waals surface area contributed by atoms with Crippen molar-refractivity contribution in [2.75, 3.05) is 12.8 Å². The van der Waals surface area contributed by atoms with Gasteiger partial charge >= 0.3 is 5.97 Å². The lowest BCUT2D eigenvalue weighted by molar-refractivity contribution is 0.0729. The molecule has 2 heterocycles. The van der Waals surface area contributed by atoms with Crippen molar-refractivity contribution >= 4 is 18.0 Å². The lowest BCUT2D eigenvalue weighted by Crippen LogP contribution is -2.19. The molecule has 8 nitrogen and oxygen atoms in total. The van der Waals surface area contributed by atoms with Gasteiger partial charge in [0, 0.05) is 18.5 Å². The molecule has 0 saturated carbocycles. The Kier molecular flexibility index (Phi) is 5.50. The summed E-state index contributed by atoms with van der Waals surface area (Å²) >= 11 is 0. The third-order valence-electron chi connectivity index (χ3n) is 3.81. The van der Waals surface area contributed by atoms with E-state index in [-0.39, 0.29) is 17.1 Å². The molecule has 1 aromatic carbocycles. The second kappa shape index (κ2) is 8.17. The Hall–Kier alpha value is -3.94. The van der Waals surface area contributed by atoms with Crippen LogP contribution in [0.25, 0.3) is 0 Å². The summed E-state index contributed by atoms with van der Waals surface area (Å²) in [6.07, 6.45) is 4.47. The maximum atomic E-state index is 12.2. The van der Waals surface area contributed by atoms with Gasteiger partial charge in [0.15, 0.2) is 11.5 Å². The van der Waals surface area contributed by atoms with Crippen LogP contribution in [0, 0.1) is 6.92 Å². The number of ether oxygens (including phenoxy) is 2. The molecule has 28 heavy (non-hydrogen) atoms. The number of aromatic nitrogens is 2. The fourth-order valence-electron chi connectivity index (χ4n) is 2.46. The summed E-state index contributed by atoms with van der Waals surface area (Å²) in [7, 11) is 1.46. The fourth-order valence-corrected chi connectivity index (χ4v) is 2.46. The zero-order chi connectivity index (χ0) is 20.1. The van der Waals surface area contributed by atoms with Crippen molar-refractivity contribution in [2.24, 2.45) is 5.10 Å². The summed E-state index contributed by atoms with van der Waals surface area (Å²) < 4.78 is 11.8. The minimum Gasteiger partial charge on any atom is -0.493 e. The average molecular weight is 378 g/mol. The topological polar surface area (TPSA) is 109 Å². The van der Waals surface area contributed by atoms with E-state index in [1.807, 2.05) is 0 Å². The number of carbonyl (C=O) groups excluding carboxylic acids is 1. The van der Waals surface area contributed by atoms with E-state index < -0.39 is 5.97 Å². The van der Waals surface area contributed by atoms with E-state index in [0.717, 1.165) is 10.2 Å². The average Bonchev–Trinajstić information content (AvgIpc) is 2.68. The Morgan fingerprint density at radius 1 is 1.14 bits per heavy atom. The van der Waals surface area contributed by atoms with E-state index in [1.54, 1.807) is 43.3 Å². The second-order valence-electron chi connectivity index (χ2n) is 5.89. The minimum atomic E-state index is -0.527. The number of aryl methyl sites for hydroxylation is 1. The number of rotatable bonds is 5. The van der Waals surface area contributed by atoms with Gasteiger partial charge in [-0.05, 0) is 54.4 Å². The molecule has 3 rings (SSSR count). The monoisotopic (exact) mass is 378 g/mol. The molecule has 2 N–H and O–H groups in total. The minimum absolute atomic E-state index is 0.233. The molecule has 0 aliphatic heterocycles. The number of methoxy groups -OCH3 is 1. The summed E-state index contributed by atoms with van der Waals surface area (Å²) in [6.45, 7) is 1.78. The van der Waals surface area contributed by atoms with Crippen LogP contribution >= 0.6 is 0 Å². The van der Waals surface area contributed by atoms with E-state index in [1.165, 1.54) is 31.8 Å². The van der Waals surface area contributed by atoms with E-state index in [9.17, 15) is 9.59 Å². The molecule has 2 aromatic heterocycles. The number of nitrogens with zero attached hydrogens (tertiary/aromatic N) is 3. The molecule has 0 amide bonds. The highest BCUT2D eigenvalue weighted by Crippen LogP contribution is 2.28. The Balaban J connectivity index is 1.84. The van der Waals surface area contributed by atoms with Crippen LogP contribution in [0.15, 0.2) is 64.8 Å². The van der Waals surface area contributed by atoms with Gasteiger partial charge in [0.25, 0.3) is 5.56 Å². The Labute approximate surface area is 160 Å². The van der Waals surface area contributed by atoms with Crippen molar-refractivity contribution in [3.05, 3.63) is 81.9 Å². The van der Waals surface area contributed by atoms with Crippen molar-refractivity contribution in [1.29, 1.82) is 0 Å². The number of nitrogens with two attached hydrogens (primary N) is 1. The normalized spacial score (nSPS) is 10.8. The van der Waals surface area contributed by atoms with Crippen molar-refractivity contribution < 1.29 is 14.3 Å². The van der Waals surface area contributed by atoms with Crippen LogP contribution in [0.1, 0.15) is 21.5 Å². The van der Waals surface area contributed by atoms with Gasteiger partial charge < -0.3 is 15.2 Å². The van der Waals surface area contributed by atoms with Crippen molar-refractivity contribution in [3.63, 3.8) is 0 Å². The van der Waals surface area contributed by atoms with E-state index >= 15 is 0 Å². The van der Waals surface area contributed by atoms with Crippen LogP contribution in [0.3, 0.4) is 0 Å². The molecular weight excluding hydrogens is 360 g/mol. The van der Waals surface area contributed by atoms with Gasteiger partial charge in [0.2, 0.25) is 0 Å². The third-order valence-corrected chi connectivity index (χ3v) is 3.81. The quantitative estimate of drug-likeness (QED) is 0.414. The van der Waals surface area contributed by atoms with Crippen LogP contribution in [-0.4, -0.2) is 29.0 Å². The van der Waals surface area contributed by atoms with Crippen LogP contribution < -0.4 is 20.8 Å². The maximum absolute atomic E-state index is 12.2.